The van der Waals surface area contributed by atoms with Crippen LogP contribution in [-0.2, 0) is 22.4 Å². The van der Waals surface area contributed by atoms with Crippen molar-refractivity contribution in [3.8, 4) is 56.9 Å². The molecule has 4 aliphatic heterocycles. The van der Waals surface area contributed by atoms with Crippen molar-refractivity contribution in [3.05, 3.63) is 155 Å². The lowest BCUT2D eigenvalue weighted by atomic mass is 9.83. The minimum atomic E-state index is -0.406. The van der Waals surface area contributed by atoms with Gasteiger partial charge in [0.25, 0.3) is 0 Å². The molecule has 518 valence electrons. The number of benzene rings is 2. The molecule has 0 saturated carbocycles. The summed E-state index contributed by atoms with van der Waals surface area (Å²) in [7, 11) is 3.87. The van der Waals surface area contributed by atoms with Crippen LogP contribution in [-0.4, -0.2) is 134 Å². The van der Waals surface area contributed by atoms with E-state index in [1.165, 1.54) is 92.1 Å². The largest absolute Gasteiger partial charge is 0.444 e. The van der Waals surface area contributed by atoms with Gasteiger partial charge in [-0.3, -0.25) is 13.6 Å². The van der Waals surface area contributed by atoms with Gasteiger partial charge in [0, 0.05) is 130 Å². The van der Waals surface area contributed by atoms with Crippen LogP contribution < -0.4 is 30.7 Å². The molecule has 2 aromatic carbocycles. The maximum absolute atomic E-state index is 13.6. The number of fused-ring (bicyclic) bond motifs is 2. The molecule has 0 radical (unpaired) electrons. The summed E-state index contributed by atoms with van der Waals surface area (Å²) in [6.45, 7) is 17.1. The topological polar surface area (TPSA) is 231 Å². The highest BCUT2D eigenvalue weighted by molar-refractivity contribution is 7.17. The van der Waals surface area contributed by atoms with Crippen molar-refractivity contribution < 1.29 is 23.1 Å². The van der Waals surface area contributed by atoms with Gasteiger partial charge in [-0.15, -0.1) is 0 Å². The van der Waals surface area contributed by atoms with Crippen molar-refractivity contribution >= 4 is 79.4 Å². The molecule has 0 atom stereocenters. The van der Waals surface area contributed by atoms with Crippen molar-refractivity contribution in [2.45, 2.75) is 117 Å². The molecule has 10 aromatic rings. The fourth-order valence-electron chi connectivity index (χ4n) is 13.4. The number of Topliss-reactive ketones (excluding diaryl/α,β-unsaturated/α-hetero) is 1. The molecule has 4 saturated heterocycles. The van der Waals surface area contributed by atoms with Crippen molar-refractivity contribution in [2.75, 3.05) is 86.1 Å². The number of ether oxygens (including phenoxy) is 1. The Balaban J connectivity index is 0.000000160. The average Bonchev–Trinajstić information content (AvgIpc) is 1.61. The molecular formula is C76H85F2N17O3S2. The number of halogens is 2. The zero-order chi connectivity index (χ0) is 70.2. The van der Waals surface area contributed by atoms with Crippen LogP contribution in [0.3, 0.4) is 0 Å². The summed E-state index contributed by atoms with van der Waals surface area (Å²) in [4.78, 5) is 63.4. The second kappa shape index (κ2) is 31.2. The van der Waals surface area contributed by atoms with E-state index < -0.39 is 5.60 Å². The number of ketones is 1. The number of hydrogen-bond acceptors (Lipinski definition) is 19. The molecule has 12 heterocycles. The predicted octanol–water partition coefficient (Wildman–Crippen LogP) is 14.8. The Morgan fingerprint density at radius 2 is 1.03 bits per heavy atom. The number of nitrogens with one attached hydrogen (secondary N) is 1. The van der Waals surface area contributed by atoms with E-state index in [1.807, 2.05) is 91.9 Å². The second-order valence-electron chi connectivity index (χ2n) is 27.0. The zero-order valence-corrected chi connectivity index (χ0v) is 59.4. The molecule has 3 N–H and O–H groups in total. The van der Waals surface area contributed by atoms with E-state index in [0.29, 0.717) is 80.7 Å². The van der Waals surface area contributed by atoms with Crippen LogP contribution >= 0.6 is 22.7 Å². The molecule has 0 aliphatic carbocycles. The van der Waals surface area contributed by atoms with Crippen LogP contribution in [0.2, 0.25) is 0 Å². The molecule has 1 amide bonds. The number of imidazole rings is 2. The highest BCUT2D eigenvalue weighted by Gasteiger charge is 2.29. The van der Waals surface area contributed by atoms with Gasteiger partial charge >= 0.3 is 6.09 Å². The van der Waals surface area contributed by atoms with E-state index in [1.54, 1.807) is 29.2 Å². The third-order valence-electron chi connectivity index (χ3n) is 18.9. The molecule has 4 fully saturated rings. The molecule has 0 unspecified atom stereocenters. The van der Waals surface area contributed by atoms with Gasteiger partial charge in [-0.1, -0.05) is 36.5 Å². The number of nitrogens with two attached hydrogens (primary N) is 1. The second-order valence-corrected chi connectivity index (χ2v) is 28.9. The molecular weight excluding hydrogens is 1300 g/mol. The van der Waals surface area contributed by atoms with Crippen LogP contribution in [0.5, 0.6) is 0 Å². The third kappa shape index (κ3) is 16.3. The summed E-state index contributed by atoms with van der Waals surface area (Å²) in [5, 5.41) is 24.5. The SMILES string of the molecule is CC(C)(C)OC(=O)N1CCC(N)CC1.CCc1nc2ccc(-c3ccc(N4CCC(=O)CC4)nc3)cn2c1N(C)c1nc(-c2ccc(F)cc2)c(C#N)s1.CCc1nc2ccc(-c3ccc(N4CCC(CC5CCNCC5)CC4)nc3)cn2c1N(C)c1nc(-c2ccc(F)cc2)c(C#N)s1. The molecule has 20 nitrogen and oxygen atoms in total. The number of anilines is 6. The average molecular weight is 1390 g/mol. The predicted molar refractivity (Wildman–Crippen MR) is 393 cm³/mol. The number of amides is 1. The number of nitriles is 2. The number of aryl methyl sites for hydroxylation is 2. The summed E-state index contributed by atoms with van der Waals surface area (Å²) in [5.74, 6) is 5.08. The smallest absolute Gasteiger partial charge is 0.410 e. The van der Waals surface area contributed by atoms with E-state index in [4.69, 9.17) is 35.4 Å². The van der Waals surface area contributed by atoms with Crippen LogP contribution in [0.1, 0.15) is 114 Å². The van der Waals surface area contributed by atoms with Gasteiger partial charge in [0.15, 0.2) is 10.3 Å². The quantitative estimate of drug-likeness (QED) is 0.103. The first-order valence-electron chi connectivity index (χ1n) is 34.6. The molecule has 4 aliphatic rings. The fraction of sp³-hybridized carbons (Fsp3) is 0.395. The first kappa shape index (κ1) is 70.2. The summed E-state index contributed by atoms with van der Waals surface area (Å²) in [5.41, 5.74) is 15.4. The lowest BCUT2D eigenvalue weighted by molar-refractivity contribution is -0.119. The Kier molecular flexibility index (Phi) is 21.9. The molecule has 8 aromatic heterocycles. The van der Waals surface area contributed by atoms with Crippen LogP contribution in [0.4, 0.5) is 47.1 Å². The highest BCUT2D eigenvalue weighted by Crippen LogP contribution is 2.40. The number of aromatic nitrogens is 8. The number of piperidine rings is 4. The van der Waals surface area contributed by atoms with Gasteiger partial charge in [-0.25, -0.2) is 43.5 Å². The Morgan fingerprint density at radius 3 is 1.45 bits per heavy atom. The maximum Gasteiger partial charge on any atom is 0.410 e. The number of rotatable bonds is 14. The zero-order valence-electron chi connectivity index (χ0n) is 57.8. The number of pyridine rings is 4. The summed E-state index contributed by atoms with van der Waals surface area (Å²) < 4.78 is 36.5. The Labute approximate surface area is 590 Å². The number of hydrogen-bond donors (Lipinski definition) is 2. The first-order valence-corrected chi connectivity index (χ1v) is 36.2. The van der Waals surface area contributed by atoms with Gasteiger partial charge < -0.3 is 40.3 Å². The lowest BCUT2D eigenvalue weighted by Crippen LogP contribution is -2.44. The number of carbonyl (C=O) groups excluding carboxylic acids is 2. The summed E-state index contributed by atoms with van der Waals surface area (Å²) >= 11 is 2.61. The maximum atomic E-state index is 13.6. The van der Waals surface area contributed by atoms with Crippen LogP contribution in [0.15, 0.2) is 122 Å². The van der Waals surface area contributed by atoms with Gasteiger partial charge in [0.2, 0.25) is 0 Å². The van der Waals surface area contributed by atoms with Crippen molar-refractivity contribution in [1.29, 1.82) is 10.5 Å². The van der Waals surface area contributed by atoms with Crippen molar-refractivity contribution in [2.24, 2.45) is 17.6 Å². The van der Waals surface area contributed by atoms with Gasteiger partial charge in [0.05, 0.1) is 11.4 Å². The monoisotopic (exact) mass is 1390 g/mol. The minimum Gasteiger partial charge on any atom is -0.444 e. The standard InChI is InChI=1S/C36H39FN8S.C30H26FN7OS.C10H20N2O2/c1-3-30-35(43(2)36-42-34(31(21-38)46-36)26-4-8-29(37)9-5-26)45-23-28(7-11-33(45)41-30)27-6-10-32(40-22-27)44-18-14-25(15-19-44)20-24-12-16-39-17-13-24;1-3-24-29(36(2)30-35-28(25(16-32)40-30)19-4-8-22(31)9-5-19)38-18-21(7-11-27(38)34-24)20-6-10-26(33-17-20)37-14-12-23(39)13-15-37;1-10(2,3)14-9(13)12-6-4-8(11)5-7-12/h4-11,22-25,39H,3,12-20H2,1-2H3;4-11,17-18H,3,12-15H2,1-2H3;8H,4-7,11H2,1-3H3. The first-order chi connectivity index (χ1) is 48.3. The van der Waals surface area contributed by atoms with Crippen LogP contribution in [0.25, 0.3) is 56.1 Å². The Hall–Kier alpha value is -9.72. The summed E-state index contributed by atoms with van der Waals surface area (Å²) in [6.07, 6.45) is 18.7. The normalized spacial score (nSPS) is 15.6. The number of thiazole rings is 2. The van der Waals surface area contributed by atoms with Gasteiger partial charge in [-0.05, 0) is 201 Å². The lowest BCUT2D eigenvalue weighted by Gasteiger charge is -2.35. The molecule has 14 rings (SSSR count). The van der Waals surface area contributed by atoms with Gasteiger partial charge in [-0.2, -0.15) is 10.5 Å². The molecule has 100 heavy (non-hydrogen) atoms. The Morgan fingerprint density at radius 1 is 0.600 bits per heavy atom. The molecule has 0 bridgehead atoms. The molecule has 24 heteroatoms. The van der Waals surface area contributed by atoms with E-state index in [9.17, 15) is 28.9 Å². The van der Waals surface area contributed by atoms with E-state index >= 15 is 0 Å². The minimum absolute atomic E-state index is 0.218. The third-order valence-corrected chi connectivity index (χ3v) is 21.0. The van der Waals surface area contributed by atoms with E-state index in [-0.39, 0.29) is 23.8 Å². The van der Waals surface area contributed by atoms with Crippen molar-refractivity contribution in [3.63, 3.8) is 0 Å². The molecule has 0 spiro atoms. The fourth-order valence-corrected chi connectivity index (χ4v) is 15.1. The van der Waals surface area contributed by atoms with Gasteiger partial charge in [0.1, 0.15) is 90.9 Å². The van der Waals surface area contributed by atoms with Crippen LogP contribution in [0, 0.1) is 46.1 Å². The number of likely N-dealkylation sites (tertiary alicyclic amines) is 1. The number of carbonyl (C=O) groups is 2. The summed E-state index contributed by atoms with van der Waals surface area (Å²) in [6, 6.07) is 33.4. The highest BCUT2D eigenvalue weighted by atomic mass is 32.1. The Bertz CT molecular complexity index is 4560. The van der Waals surface area contributed by atoms with Crippen molar-refractivity contribution in [1.82, 2.24) is 48.9 Å². The van der Waals surface area contributed by atoms with E-state index in [2.05, 4.69) is 80.9 Å². The number of nitrogens with zero attached hydrogens (tertiary/aromatic N) is 15. The van der Waals surface area contributed by atoms with E-state index in [0.717, 1.165) is 125 Å².